The number of nitrogens with two attached hydrogens (primary N) is 1. The molecule has 2 aromatic rings. The number of hydrazine groups is 1. The summed E-state index contributed by atoms with van der Waals surface area (Å²) in [5.74, 6) is 5.77. The Labute approximate surface area is 121 Å². The minimum atomic E-state index is 0.0707. The number of nitrogens with one attached hydrogen (secondary N) is 1. The standard InChI is InChI=1S/C16H24N4/c1-10-6-11(2)14(12(3)7-10)9-15(18-17)16-8-13(4)19-20(16)5/h6-8,15,18H,9,17H2,1-5H3. The molecule has 0 saturated heterocycles. The van der Waals surface area contributed by atoms with Gasteiger partial charge in [0.05, 0.1) is 17.4 Å². The van der Waals surface area contributed by atoms with Gasteiger partial charge in [-0.05, 0) is 56.9 Å². The van der Waals surface area contributed by atoms with Gasteiger partial charge < -0.3 is 0 Å². The average molecular weight is 272 g/mol. The molecule has 0 bridgehead atoms. The van der Waals surface area contributed by atoms with E-state index in [1.54, 1.807) is 0 Å². The number of benzene rings is 1. The number of nitrogens with zero attached hydrogens (tertiary/aromatic N) is 2. The third-order valence-electron chi connectivity index (χ3n) is 3.84. The van der Waals surface area contributed by atoms with Gasteiger partial charge in [0.2, 0.25) is 0 Å². The maximum absolute atomic E-state index is 5.77. The maximum Gasteiger partial charge on any atom is 0.0669 e. The third kappa shape index (κ3) is 2.92. The molecular formula is C16H24N4. The second-order valence-corrected chi connectivity index (χ2v) is 5.63. The SMILES string of the molecule is Cc1cc(C)c(CC(NN)c2cc(C)nn2C)c(C)c1. The lowest BCUT2D eigenvalue weighted by Gasteiger charge is -2.19. The summed E-state index contributed by atoms with van der Waals surface area (Å²) in [6, 6.07) is 6.61. The molecule has 0 aliphatic rings. The van der Waals surface area contributed by atoms with E-state index in [2.05, 4.69) is 49.5 Å². The van der Waals surface area contributed by atoms with Gasteiger partial charge in [-0.1, -0.05) is 17.7 Å². The smallest absolute Gasteiger partial charge is 0.0669 e. The number of rotatable bonds is 4. The van der Waals surface area contributed by atoms with Crippen LogP contribution in [0.15, 0.2) is 18.2 Å². The van der Waals surface area contributed by atoms with Crippen molar-refractivity contribution < 1.29 is 0 Å². The Hall–Kier alpha value is -1.65. The molecule has 1 atom stereocenters. The van der Waals surface area contributed by atoms with Crippen molar-refractivity contribution in [1.29, 1.82) is 0 Å². The average Bonchev–Trinajstić information content (AvgIpc) is 2.67. The first-order valence-corrected chi connectivity index (χ1v) is 6.95. The van der Waals surface area contributed by atoms with Gasteiger partial charge in [0.15, 0.2) is 0 Å². The lowest BCUT2D eigenvalue weighted by molar-refractivity contribution is 0.506. The van der Waals surface area contributed by atoms with Crippen LogP contribution in [-0.4, -0.2) is 9.78 Å². The van der Waals surface area contributed by atoms with E-state index >= 15 is 0 Å². The van der Waals surface area contributed by atoms with Crippen molar-refractivity contribution in [1.82, 2.24) is 15.2 Å². The Bertz CT molecular complexity index is 590. The summed E-state index contributed by atoms with van der Waals surface area (Å²) < 4.78 is 1.90. The molecule has 0 spiro atoms. The molecule has 0 radical (unpaired) electrons. The fourth-order valence-electron chi connectivity index (χ4n) is 2.94. The van der Waals surface area contributed by atoms with Gasteiger partial charge in [-0.3, -0.25) is 16.0 Å². The molecule has 0 fully saturated rings. The maximum atomic E-state index is 5.77. The molecule has 20 heavy (non-hydrogen) atoms. The van der Waals surface area contributed by atoms with Crippen LogP contribution in [0.2, 0.25) is 0 Å². The highest BCUT2D eigenvalue weighted by Gasteiger charge is 2.17. The Kier molecular flexibility index (Phi) is 4.26. The largest absolute Gasteiger partial charge is 0.271 e. The number of aryl methyl sites for hydroxylation is 5. The van der Waals surface area contributed by atoms with E-state index in [0.717, 1.165) is 17.8 Å². The first kappa shape index (κ1) is 14.8. The highest BCUT2D eigenvalue weighted by molar-refractivity contribution is 5.38. The van der Waals surface area contributed by atoms with Crippen LogP contribution in [0.25, 0.3) is 0 Å². The Morgan fingerprint density at radius 2 is 1.75 bits per heavy atom. The third-order valence-corrected chi connectivity index (χ3v) is 3.84. The van der Waals surface area contributed by atoms with Gasteiger partial charge in [0, 0.05) is 7.05 Å². The van der Waals surface area contributed by atoms with Crippen molar-refractivity contribution in [2.24, 2.45) is 12.9 Å². The van der Waals surface area contributed by atoms with Crippen molar-refractivity contribution in [3.8, 4) is 0 Å². The molecule has 108 valence electrons. The number of hydrogen-bond donors (Lipinski definition) is 2. The van der Waals surface area contributed by atoms with Crippen LogP contribution in [0.3, 0.4) is 0 Å². The Balaban J connectivity index is 2.34. The second kappa shape index (κ2) is 5.77. The molecule has 1 unspecified atom stereocenters. The number of aromatic nitrogens is 2. The van der Waals surface area contributed by atoms with Crippen LogP contribution < -0.4 is 11.3 Å². The molecule has 4 nitrogen and oxygen atoms in total. The zero-order valence-corrected chi connectivity index (χ0v) is 13.0. The van der Waals surface area contributed by atoms with Crippen molar-refractivity contribution in [2.75, 3.05) is 0 Å². The van der Waals surface area contributed by atoms with Crippen LogP contribution in [0.1, 0.15) is 39.7 Å². The van der Waals surface area contributed by atoms with Gasteiger partial charge in [0.25, 0.3) is 0 Å². The van der Waals surface area contributed by atoms with Gasteiger partial charge in [-0.25, -0.2) is 0 Å². The van der Waals surface area contributed by atoms with Crippen molar-refractivity contribution in [3.05, 3.63) is 51.8 Å². The highest BCUT2D eigenvalue weighted by atomic mass is 15.3. The summed E-state index contributed by atoms with van der Waals surface area (Å²) in [5, 5.41) is 4.40. The lowest BCUT2D eigenvalue weighted by atomic mass is 9.93. The number of hydrogen-bond acceptors (Lipinski definition) is 3. The predicted octanol–water partition coefficient (Wildman–Crippen LogP) is 2.40. The molecule has 0 amide bonds. The zero-order chi connectivity index (χ0) is 14.9. The molecule has 1 heterocycles. The summed E-state index contributed by atoms with van der Waals surface area (Å²) in [7, 11) is 1.96. The molecule has 1 aromatic carbocycles. The molecule has 2 rings (SSSR count). The van der Waals surface area contributed by atoms with Crippen LogP contribution in [0.5, 0.6) is 0 Å². The lowest BCUT2D eigenvalue weighted by Crippen LogP contribution is -2.31. The van der Waals surface area contributed by atoms with Crippen LogP contribution in [-0.2, 0) is 13.5 Å². The molecular weight excluding hydrogens is 248 g/mol. The predicted molar refractivity (Wildman–Crippen MR) is 82.4 cm³/mol. The summed E-state index contributed by atoms with van der Waals surface area (Å²) in [6.07, 6.45) is 0.868. The minimum Gasteiger partial charge on any atom is -0.271 e. The molecule has 1 aromatic heterocycles. The monoisotopic (exact) mass is 272 g/mol. The minimum absolute atomic E-state index is 0.0707. The quantitative estimate of drug-likeness (QED) is 0.664. The highest BCUT2D eigenvalue weighted by Crippen LogP contribution is 2.24. The van der Waals surface area contributed by atoms with Crippen LogP contribution in [0.4, 0.5) is 0 Å². The fourth-order valence-corrected chi connectivity index (χ4v) is 2.94. The molecule has 3 N–H and O–H groups in total. The van der Waals surface area contributed by atoms with E-state index in [9.17, 15) is 0 Å². The van der Waals surface area contributed by atoms with E-state index < -0.39 is 0 Å². The Morgan fingerprint density at radius 3 is 2.20 bits per heavy atom. The van der Waals surface area contributed by atoms with Crippen molar-refractivity contribution in [3.63, 3.8) is 0 Å². The molecule has 4 heteroatoms. The van der Waals surface area contributed by atoms with Gasteiger partial charge in [0.1, 0.15) is 0 Å². The summed E-state index contributed by atoms with van der Waals surface area (Å²) >= 11 is 0. The first-order valence-electron chi connectivity index (χ1n) is 6.95. The normalized spacial score (nSPS) is 12.7. The van der Waals surface area contributed by atoms with Gasteiger partial charge >= 0.3 is 0 Å². The van der Waals surface area contributed by atoms with E-state index in [4.69, 9.17) is 5.84 Å². The first-order chi connectivity index (χ1) is 9.42. The Morgan fingerprint density at radius 1 is 1.15 bits per heavy atom. The molecule has 0 saturated carbocycles. The second-order valence-electron chi connectivity index (χ2n) is 5.63. The summed E-state index contributed by atoms with van der Waals surface area (Å²) in [4.78, 5) is 0. The van der Waals surface area contributed by atoms with E-state index in [-0.39, 0.29) is 6.04 Å². The molecule has 0 aliphatic heterocycles. The fraction of sp³-hybridized carbons (Fsp3) is 0.438. The van der Waals surface area contributed by atoms with Crippen molar-refractivity contribution in [2.45, 2.75) is 40.2 Å². The van der Waals surface area contributed by atoms with Crippen LogP contribution >= 0.6 is 0 Å². The van der Waals surface area contributed by atoms with Gasteiger partial charge in [-0.15, -0.1) is 0 Å². The topological polar surface area (TPSA) is 55.9 Å². The summed E-state index contributed by atoms with van der Waals surface area (Å²) in [5.41, 5.74) is 10.4. The van der Waals surface area contributed by atoms with Crippen molar-refractivity contribution >= 4 is 0 Å². The summed E-state index contributed by atoms with van der Waals surface area (Å²) in [6.45, 7) is 8.46. The van der Waals surface area contributed by atoms with E-state index in [0.29, 0.717) is 0 Å². The molecule has 0 aliphatic carbocycles. The van der Waals surface area contributed by atoms with E-state index in [1.165, 1.54) is 22.3 Å². The zero-order valence-electron chi connectivity index (χ0n) is 13.0. The van der Waals surface area contributed by atoms with Gasteiger partial charge in [-0.2, -0.15) is 5.10 Å². The van der Waals surface area contributed by atoms with Crippen LogP contribution in [0, 0.1) is 27.7 Å². The van der Waals surface area contributed by atoms with E-state index in [1.807, 2.05) is 18.7 Å².